The number of carbonyl (C=O) groups excluding carboxylic acids is 1. The van der Waals surface area contributed by atoms with E-state index in [1.165, 1.54) is 4.57 Å². The van der Waals surface area contributed by atoms with Gasteiger partial charge in [0.2, 0.25) is 12.3 Å². The van der Waals surface area contributed by atoms with Crippen LogP contribution in [0.15, 0.2) is 66.9 Å². The molecule has 7 rings (SSSR count). The summed E-state index contributed by atoms with van der Waals surface area (Å²) in [5.41, 5.74) is -13.7. The van der Waals surface area contributed by atoms with Gasteiger partial charge in [-0.15, -0.1) is 21.9 Å². The summed E-state index contributed by atoms with van der Waals surface area (Å²) in [6, 6.07) is 17.9. The fraction of sp³-hybridized carbons (Fsp3) is 0.0238. The van der Waals surface area contributed by atoms with Crippen molar-refractivity contribution in [3.05, 3.63) is 194 Å². The molecule has 4 nitrogen and oxygen atoms in total. The van der Waals surface area contributed by atoms with E-state index in [-0.39, 0.29) is 18.0 Å². The van der Waals surface area contributed by atoms with E-state index < -0.39 is 150 Å². The molecule has 7 aromatic rings. The number of rotatable bonds is 8. The molecule has 0 saturated carbocycles. The Morgan fingerprint density at radius 1 is 0.388 bits per heavy atom. The molecule has 1 N–H and O–H groups in total. The zero-order valence-corrected chi connectivity index (χ0v) is 31.9. The topological polar surface area (TPSA) is 58.2 Å². The van der Waals surface area contributed by atoms with Gasteiger partial charge in [-0.1, -0.05) is 48.5 Å². The average Bonchev–Trinajstić information content (AvgIpc) is 3.31. The molecule has 0 unspecified atom stereocenters. The number of carbonyl (C=O) groups is 2. The molecule has 1 aromatic heterocycles. The number of carboxylic acid groups (broad SMARTS) is 1. The molecule has 0 amide bonds. The van der Waals surface area contributed by atoms with Crippen LogP contribution in [0.2, 0.25) is 0 Å². The number of pyridine rings is 1. The van der Waals surface area contributed by atoms with E-state index in [0.717, 1.165) is 10.8 Å². The minimum Gasteiger partial charge on any atom is -0.473 e. The van der Waals surface area contributed by atoms with Gasteiger partial charge in [-0.25, -0.2) is 92.6 Å². The summed E-state index contributed by atoms with van der Waals surface area (Å²) in [5, 5.41) is 11.1. The van der Waals surface area contributed by atoms with E-state index in [2.05, 4.69) is 0 Å². The first-order valence-electron chi connectivity index (χ1n) is 17.8. The monoisotopic (exact) mass is 971 g/mol. The van der Waals surface area contributed by atoms with Crippen LogP contribution in [-0.4, -0.2) is 23.0 Å². The second kappa shape index (κ2) is 18.1. The van der Waals surface area contributed by atoms with Crippen LogP contribution in [0.3, 0.4) is 0 Å². The number of ketones is 1. The third kappa shape index (κ3) is 7.73. The number of hydrogen-bond donors (Lipinski definition) is 1. The number of aromatic nitrogens is 1. The first-order valence-corrected chi connectivity index (χ1v) is 17.8. The number of nitrogens with zero attached hydrogens (tertiary/aromatic N) is 1. The number of Topliss-reactive ketones (excluding diaryl/α,β-unsaturated/α-hetero) is 1. The van der Waals surface area contributed by atoms with Gasteiger partial charge in [0.1, 0.15) is 52.7 Å². The molecular formula is C42H14BF20NO3. The van der Waals surface area contributed by atoms with Crippen LogP contribution in [0.25, 0.3) is 10.8 Å². The Kier molecular flexibility index (Phi) is 13.2. The van der Waals surface area contributed by atoms with Gasteiger partial charge in [-0.3, -0.25) is 4.79 Å². The van der Waals surface area contributed by atoms with Crippen molar-refractivity contribution in [2.75, 3.05) is 0 Å². The van der Waals surface area contributed by atoms with Crippen LogP contribution in [0.1, 0.15) is 20.8 Å². The zero-order chi connectivity index (χ0) is 49.9. The standard InChI is InChI=1S/C24BF20.C18H13NO3/c26-5-1(6(27)14(35)21(42)13(5)34)25(2-7(28)15(36)22(43)16(37)8(2)29,3-9(30)17(38)23(44)18(39)10(3)31)4-11(32)19(40)24(45)20(41)12(4)33;20-17(13-6-2-1-3-7-13)12-19-11-15-9-5-4-8-14(15)10-16(19)18(21)22/h;1-11H,12H2/q-1;/p+1. The van der Waals surface area contributed by atoms with E-state index in [0.29, 0.717) is 5.56 Å². The second-order valence-electron chi connectivity index (χ2n) is 13.8. The molecule has 25 heteroatoms. The van der Waals surface area contributed by atoms with Crippen molar-refractivity contribution in [2.45, 2.75) is 6.54 Å². The smallest absolute Gasteiger partial charge is 0.401 e. The first-order chi connectivity index (χ1) is 31.3. The quantitative estimate of drug-likeness (QED) is 0.0415. The van der Waals surface area contributed by atoms with Gasteiger partial charge in [0.15, 0.2) is 76.0 Å². The molecule has 0 radical (unpaired) electrons. The highest BCUT2D eigenvalue weighted by molar-refractivity contribution is 7.20. The zero-order valence-electron chi connectivity index (χ0n) is 31.9. The molecule has 0 spiro atoms. The second-order valence-corrected chi connectivity index (χ2v) is 13.8. The van der Waals surface area contributed by atoms with Crippen LogP contribution < -0.4 is 26.4 Å². The van der Waals surface area contributed by atoms with Gasteiger partial charge in [0.25, 0.3) is 5.69 Å². The third-order valence-corrected chi connectivity index (χ3v) is 10.2. The Morgan fingerprint density at radius 2 is 0.657 bits per heavy atom. The maximum atomic E-state index is 15.4. The Hall–Kier alpha value is -7.47. The highest BCUT2D eigenvalue weighted by Gasteiger charge is 2.52. The van der Waals surface area contributed by atoms with Crippen LogP contribution >= 0.6 is 0 Å². The van der Waals surface area contributed by atoms with Crippen molar-refractivity contribution >= 4 is 50.5 Å². The van der Waals surface area contributed by atoms with Crippen molar-refractivity contribution in [3.8, 4) is 0 Å². The van der Waals surface area contributed by atoms with Crippen molar-refractivity contribution in [2.24, 2.45) is 0 Å². The molecule has 0 aliphatic heterocycles. The molecule has 1 heterocycles. The number of hydrogen-bond acceptors (Lipinski definition) is 2. The normalized spacial score (nSPS) is 11.5. The van der Waals surface area contributed by atoms with Crippen molar-refractivity contribution in [3.63, 3.8) is 0 Å². The molecule has 67 heavy (non-hydrogen) atoms. The Balaban J connectivity index is 0.000000279. The molecule has 0 fully saturated rings. The van der Waals surface area contributed by atoms with Gasteiger partial charge >= 0.3 is 5.97 Å². The number of benzene rings is 6. The van der Waals surface area contributed by atoms with E-state index in [9.17, 15) is 67.4 Å². The molecular weight excluding hydrogens is 957 g/mol. The minimum absolute atomic E-state index is 0.00349. The van der Waals surface area contributed by atoms with E-state index in [1.54, 1.807) is 36.5 Å². The van der Waals surface area contributed by atoms with Gasteiger partial charge in [-0.05, 0) is 11.5 Å². The van der Waals surface area contributed by atoms with Crippen LogP contribution in [0, 0.1) is 116 Å². The lowest BCUT2D eigenvalue weighted by Gasteiger charge is -2.44. The molecule has 0 atom stereocenters. The minimum atomic E-state index is -7.22. The van der Waals surface area contributed by atoms with Crippen molar-refractivity contribution < 1.29 is 107 Å². The lowest BCUT2D eigenvalue weighted by molar-refractivity contribution is -0.684. The summed E-state index contributed by atoms with van der Waals surface area (Å²) in [6.07, 6.45) is -5.51. The van der Waals surface area contributed by atoms with E-state index >= 15 is 35.1 Å². The van der Waals surface area contributed by atoms with Crippen molar-refractivity contribution in [1.82, 2.24) is 0 Å². The van der Waals surface area contributed by atoms with Gasteiger partial charge in [0, 0.05) is 17.0 Å². The molecule has 348 valence electrons. The fourth-order valence-corrected chi connectivity index (χ4v) is 7.29. The largest absolute Gasteiger partial charge is 0.473 e. The Labute approximate surface area is 358 Å². The Morgan fingerprint density at radius 3 is 0.955 bits per heavy atom. The fourth-order valence-electron chi connectivity index (χ4n) is 7.29. The number of aromatic carboxylic acids is 1. The Bertz CT molecular complexity index is 2840. The van der Waals surface area contributed by atoms with Gasteiger partial charge in [0.05, 0.1) is 0 Å². The van der Waals surface area contributed by atoms with Crippen LogP contribution in [-0.2, 0) is 6.54 Å². The summed E-state index contributed by atoms with van der Waals surface area (Å²) in [5.74, 6) is -72.6. The molecule has 0 saturated heterocycles. The lowest BCUT2D eigenvalue weighted by atomic mass is 9.12. The number of fused-ring (bicyclic) bond motifs is 1. The number of halogens is 20. The summed E-state index contributed by atoms with van der Waals surface area (Å²) < 4.78 is 295. The van der Waals surface area contributed by atoms with Gasteiger partial charge < -0.3 is 5.11 Å². The molecule has 0 aliphatic rings. The molecule has 0 bridgehead atoms. The first kappa shape index (κ1) is 49.0. The van der Waals surface area contributed by atoms with Crippen LogP contribution in [0.4, 0.5) is 87.8 Å². The van der Waals surface area contributed by atoms with E-state index in [4.69, 9.17) is 0 Å². The van der Waals surface area contributed by atoms with Crippen molar-refractivity contribution in [1.29, 1.82) is 0 Å². The predicted octanol–water partition coefficient (Wildman–Crippen LogP) is 8.55. The summed E-state index contributed by atoms with van der Waals surface area (Å²) >= 11 is 0. The predicted molar refractivity (Wildman–Crippen MR) is 191 cm³/mol. The molecule has 0 aliphatic carbocycles. The third-order valence-electron chi connectivity index (χ3n) is 10.2. The highest BCUT2D eigenvalue weighted by atomic mass is 19.2. The summed E-state index contributed by atoms with van der Waals surface area (Å²) in [6.45, 7) is -0.00349. The van der Waals surface area contributed by atoms with E-state index in [1.807, 2.05) is 30.3 Å². The maximum Gasteiger partial charge on any atom is 0.401 e. The number of carboxylic acids is 1. The molecule has 6 aromatic carbocycles. The van der Waals surface area contributed by atoms with Gasteiger partial charge in [-0.2, -0.15) is 4.57 Å². The lowest BCUT2D eigenvalue weighted by Crippen LogP contribution is -2.81. The maximum absolute atomic E-state index is 15.4. The summed E-state index contributed by atoms with van der Waals surface area (Å²) in [4.78, 5) is 23.8. The van der Waals surface area contributed by atoms with Crippen LogP contribution in [0.5, 0.6) is 0 Å². The average molecular weight is 971 g/mol. The summed E-state index contributed by atoms with van der Waals surface area (Å²) in [7, 11) is 0. The SMILES string of the molecule is Fc1c(F)c(F)c([B-](c2c(F)c(F)c(F)c(F)c2F)(c2c(F)c(F)c(F)c(F)c2F)c2c(F)c(F)c(F)c(F)c2F)c(F)c1F.O=C(C[n+]1cc2ccccc2cc1C(=O)O)c1ccccc1. The highest BCUT2D eigenvalue weighted by Crippen LogP contribution is 2.31.